The first-order valence-electron chi connectivity index (χ1n) is 4.40. The molecular formula is C9H18O2. The van der Waals surface area contributed by atoms with Crippen LogP contribution in [0.2, 0.25) is 0 Å². The van der Waals surface area contributed by atoms with Crippen molar-refractivity contribution in [2.45, 2.75) is 45.6 Å². The molecule has 11 heavy (non-hydrogen) atoms. The zero-order valence-electron chi connectivity index (χ0n) is 7.51. The summed E-state index contributed by atoms with van der Waals surface area (Å²) in [5.41, 5.74) is 0. The molecule has 0 fully saturated rings. The summed E-state index contributed by atoms with van der Waals surface area (Å²) >= 11 is 0. The van der Waals surface area contributed by atoms with Gasteiger partial charge < -0.3 is 9.53 Å². The molecule has 1 unspecified atom stereocenters. The third-order valence-electron chi connectivity index (χ3n) is 1.62. The zero-order valence-corrected chi connectivity index (χ0v) is 7.51. The van der Waals surface area contributed by atoms with E-state index in [0.717, 1.165) is 32.2 Å². The number of hydrogen-bond acceptors (Lipinski definition) is 2. The zero-order chi connectivity index (χ0) is 8.53. The highest BCUT2D eigenvalue weighted by atomic mass is 16.5. The molecule has 2 heteroatoms. The van der Waals surface area contributed by atoms with Crippen molar-refractivity contribution in [2.24, 2.45) is 0 Å². The fourth-order valence-corrected chi connectivity index (χ4v) is 1.12. The Kier molecular flexibility index (Phi) is 7.47. The fraction of sp³-hybridized carbons (Fsp3) is 0.889. The van der Waals surface area contributed by atoms with Crippen molar-refractivity contribution < 1.29 is 9.53 Å². The number of rotatable bonds is 7. The summed E-state index contributed by atoms with van der Waals surface area (Å²) < 4.78 is 5.43. The van der Waals surface area contributed by atoms with Gasteiger partial charge in [0.05, 0.1) is 6.10 Å². The van der Waals surface area contributed by atoms with Gasteiger partial charge in [0.1, 0.15) is 6.29 Å². The first-order chi connectivity index (χ1) is 5.35. The summed E-state index contributed by atoms with van der Waals surface area (Å²) in [5.74, 6) is 0. The third kappa shape index (κ3) is 6.05. The van der Waals surface area contributed by atoms with Gasteiger partial charge in [-0.2, -0.15) is 0 Å². The Morgan fingerprint density at radius 3 is 2.55 bits per heavy atom. The van der Waals surface area contributed by atoms with Crippen LogP contribution < -0.4 is 0 Å². The summed E-state index contributed by atoms with van der Waals surface area (Å²) in [6.45, 7) is 4.88. The molecule has 0 aliphatic rings. The molecule has 0 aromatic carbocycles. The quantitative estimate of drug-likeness (QED) is 0.531. The number of carbonyl (C=O) groups excluding carboxylic acids is 1. The van der Waals surface area contributed by atoms with Crippen molar-refractivity contribution in [1.29, 1.82) is 0 Å². The van der Waals surface area contributed by atoms with Crippen LogP contribution in [0.1, 0.15) is 39.5 Å². The fourth-order valence-electron chi connectivity index (χ4n) is 1.12. The van der Waals surface area contributed by atoms with Crippen LogP contribution in [-0.2, 0) is 9.53 Å². The lowest BCUT2D eigenvalue weighted by atomic mass is 10.1. The molecule has 0 aromatic rings. The van der Waals surface area contributed by atoms with Gasteiger partial charge in [-0.05, 0) is 19.8 Å². The second kappa shape index (κ2) is 7.73. The molecule has 0 aliphatic heterocycles. The van der Waals surface area contributed by atoms with Crippen LogP contribution in [0.25, 0.3) is 0 Å². The summed E-state index contributed by atoms with van der Waals surface area (Å²) in [6.07, 6.45) is 4.97. The van der Waals surface area contributed by atoms with Gasteiger partial charge in [0.25, 0.3) is 0 Å². The molecule has 0 saturated carbocycles. The van der Waals surface area contributed by atoms with Crippen LogP contribution in [0, 0.1) is 0 Å². The highest BCUT2D eigenvalue weighted by molar-refractivity contribution is 5.49. The summed E-state index contributed by atoms with van der Waals surface area (Å²) in [5, 5.41) is 0. The van der Waals surface area contributed by atoms with E-state index in [-0.39, 0.29) is 0 Å². The van der Waals surface area contributed by atoms with Crippen LogP contribution in [0.15, 0.2) is 0 Å². The van der Waals surface area contributed by atoms with Gasteiger partial charge in [-0.1, -0.05) is 13.3 Å². The average Bonchev–Trinajstić information content (AvgIpc) is 2.01. The Morgan fingerprint density at radius 2 is 2.09 bits per heavy atom. The minimum Gasteiger partial charge on any atom is -0.378 e. The minimum absolute atomic E-state index is 0.301. The van der Waals surface area contributed by atoms with E-state index >= 15 is 0 Å². The van der Waals surface area contributed by atoms with Gasteiger partial charge in [0, 0.05) is 13.0 Å². The topological polar surface area (TPSA) is 26.3 Å². The molecule has 0 rings (SSSR count). The van der Waals surface area contributed by atoms with Crippen LogP contribution in [0.5, 0.6) is 0 Å². The van der Waals surface area contributed by atoms with Crippen molar-refractivity contribution in [3.63, 3.8) is 0 Å². The van der Waals surface area contributed by atoms with E-state index in [4.69, 9.17) is 4.74 Å². The van der Waals surface area contributed by atoms with E-state index in [9.17, 15) is 4.79 Å². The van der Waals surface area contributed by atoms with Crippen molar-refractivity contribution in [2.75, 3.05) is 6.61 Å². The van der Waals surface area contributed by atoms with Crippen LogP contribution in [-0.4, -0.2) is 19.0 Å². The maximum atomic E-state index is 10.1. The molecular weight excluding hydrogens is 140 g/mol. The van der Waals surface area contributed by atoms with Gasteiger partial charge in [-0.3, -0.25) is 0 Å². The summed E-state index contributed by atoms with van der Waals surface area (Å²) in [6, 6.07) is 0. The van der Waals surface area contributed by atoms with Crippen molar-refractivity contribution >= 4 is 6.29 Å². The van der Waals surface area contributed by atoms with Crippen LogP contribution in [0.4, 0.5) is 0 Å². The molecule has 0 bridgehead atoms. The average molecular weight is 158 g/mol. The van der Waals surface area contributed by atoms with Crippen LogP contribution >= 0.6 is 0 Å². The molecule has 0 amide bonds. The van der Waals surface area contributed by atoms with Crippen molar-refractivity contribution in [1.82, 2.24) is 0 Å². The molecule has 2 nitrogen and oxygen atoms in total. The van der Waals surface area contributed by atoms with E-state index in [1.54, 1.807) is 0 Å². The van der Waals surface area contributed by atoms with Crippen LogP contribution in [0.3, 0.4) is 0 Å². The maximum Gasteiger partial charge on any atom is 0.120 e. The minimum atomic E-state index is 0.301. The van der Waals surface area contributed by atoms with Gasteiger partial charge in [0.15, 0.2) is 0 Å². The Bertz CT molecular complexity index is 85.6. The standard InChI is InChI=1S/C9H18O2/c1-3-6-9(11-4-2)7-5-8-10/h8-9H,3-7H2,1-2H3. The lowest BCUT2D eigenvalue weighted by Crippen LogP contribution is -2.12. The lowest BCUT2D eigenvalue weighted by Gasteiger charge is -2.13. The van der Waals surface area contributed by atoms with Crippen molar-refractivity contribution in [3.05, 3.63) is 0 Å². The molecule has 0 N–H and O–H groups in total. The predicted octanol–water partition coefficient (Wildman–Crippen LogP) is 2.17. The van der Waals surface area contributed by atoms with E-state index in [2.05, 4.69) is 6.92 Å². The first kappa shape index (κ1) is 10.6. The Balaban J connectivity index is 3.41. The molecule has 0 aromatic heterocycles. The Labute approximate surface area is 68.9 Å². The normalized spacial score (nSPS) is 12.9. The molecule has 0 heterocycles. The number of hydrogen-bond donors (Lipinski definition) is 0. The number of aldehydes is 1. The van der Waals surface area contributed by atoms with Crippen molar-refractivity contribution in [3.8, 4) is 0 Å². The molecule has 66 valence electrons. The maximum absolute atomic E-state index is 10.1. The largest absolute Gasteiger partial charge is 0.378 e. The van der Waals surface area contributed by atoms with Gasteiger partial charge in [-0.15, -0.1) is 0 Å². The molecule has 0 radical (unpaired) electrons. The predicted molar refractivity (Wildman–Crippen MR) is 45.6 cm³/mol. The van der Waals surface area contributed by atoms with E-state index in [1.807, 2.05) is 6.92 Å². The first-order valence-corrected chi connectivity index (χ1v) is 4.40. The third-order valence-corrected chi connectivity index (χ3v) is 1.62. The summed E-state index contributed by atoms with van der Waals surface area (Å²) in [7, 11) is 0. The Hall–Kier alpha value is -0.370. The van der Waals surface area contributed by atoms with E-state index < -0.39 is 0 Å². The monoisotopic (exact) mass is 158 g/mol. The summed E-state index contributed by atoms with van der Waals surface area (Å²) in [4.78, 5) is 10.1. The molecule has 0 saturated heterocycles. The van der Waals surface area contributed by atoms with Gasteiger partial charge in [-0.25, -0.2) is 0 Å². The SMILES string of the molecule is CCCC(CCC=O)OCC. The second-order valence-electron chi connectivity index (χ2n) is 2.61. The smallest absolute Gasteiger partial charge is 0.120 e. The Morgan fingerprint density at radius 1 is 1.36 bits per heavy atom. The second-order valence-corrected chi connectivity index (χ2v) is 2.61. The highest BCUT2D eigenvalue weighted by Crippen LogP contribution is 2.07. The lowest BCUT2D eigenvalue weighted by molar-refractivity contribution is -0.108. The van der Waals surface area contributed by atoms with Gasteiger partial charge in [0.2, 0.25) is 0 Å². The molecule has 0 spiro atoms. The molecule has 0 aliphatic carbocycles. The molecule has 1 atom stereocenters. The number of ether oxygens (including phenoxy) is 1. The highest BCUT2D eigenvalue weighted by Gasteiger charge is 2.05. The van der Waals surface area contributed by atoms with E-state index in [1.165, 1.54) is 0 Å². The van der Waals surface area contributed by atoms with E-state index in [0.29, 0.717) is 12.5 Å². The van der Waals surface area contributed by atoms with Gasteiger partial charge >= 0.3 is 0 Å². The number of carbonyl (C=O) groups is 1.